The number of hydrogen-bond acceptors (Lipinski definition) is 6. The maximum absolute atomic E-state index is 12.6. The Hall–Kier alpha value is -1.59. The van der Waals surface area contributed by atoms with Gasteiger partial charge in [0.25, 0.3) is 0 Å². The summed E-state index contributed by atoms with van der Waals surface area (Å²) in [4.78, 5) is 37.6. The molecule has 6 heteroatoms. The highest BCUT2D eigenvalue weighted by molar-refractivity contribution is 5.71. The number of carbonyl (C=O) groups is 3. The van der Waals surface area contributed by atoms with Gasteiger partial charge in [-0.1, -0.05) is 214 Å². The predicted molar refractivity (Wildman–Crippen MR) is 220 cm³/mol. The molecule has 0 saturated heterocycles. The number of ether oxygens (including phenoxy) is 3. The number of carbonyl (C=O) groups excluding carboxylic acids is 3. The van der Waals surface area contributed by atoms with Crippen molar-refractivity contribution < 1.29 is 28.6 Å². The third-order valence-corrected chi connectivity index (χ3v) is 10.3. The van der Waals surface area contributed by atoms with E-state index in [-0.39, 0.29) is 31.1 Å². The first-order valence-corrected chi connectivity index (χ1v) is 22.9. The van der Waals surface area contributed by atoms with Gasteiger partial charge in [-0.3, -0.25) is 14.4 Å². The summed E-state index contributed by atoms with van der Waals surface area (Å²) in [7, 11) is 0. The molecular weight excluding hydrogens is 648 g/mol. The second-order valence-electron chi connectivity index (χ2n) is 16.2. The van der Waals surface area contributed by atoms with Crippen LogP contribution in [-0.2, 0) is 28.6 Å². The topological polar surface area (TPSA) is 78.9 Å². The van der Waals surface area contributed by atoms with Gasteiger partial charge in [0.1, 0.15) is 13.2 Å². The van der Waals surface area contributed by atoms with E-state index in [2.05, 4.69) is 27.7 Å². The normalized spacial score (nSPS) is 11.9. The number of hydrogen-bond donors (Lipinski definition) is 0. The molecule has 0 spiro atoms. The van der Waals surface area contributed by atoms with E-state index in [1.54, 1.807) is 0 Å². The maximum Gasteiger partial charge on any atom is 0.306 e. The van der Waals surface area contributed by atoms with Crippen molar-refractivity contribution >= 4 is 17.9 Å². The minimum Gasteiger partial charge on any atom is -0.462 e. The summed E-state index contributed by atoms with van der Waals surface area (Å²) < 4.78 is 16.7. The Labute approximate surface area is 323 Å². The molecule has 0 unspecified atom stereocenters. The third kappa shape index (κ3) is 39.6. The first-order chi connectivity index (χ1) is 25.4. The van der Waals surface area contributed by atoms with Gasteiger partial charge in [0, 0.05) is 19.3 Å². The molecule has 1 atom stereocenters. The summed E-state index contributed by atoms with van der Waals surface area (Å²) in [6.07, 6.45) is 39.6. The summed E-state index contributed by atoms with van der Waals surface area (Å²) in [6, 6.07) is 0. The lowest BCUT2D eigenvalue weighted by atomic mass is 10.0. The van der Waals surface area contributed by atoms with Crippen molar-refractivity contribution in [2.75, 3.05) is 13.2 Å². The Kier molecular flexibility index (Phi) is 39.4. The highest BCUT2D eigenvalue weighted by Gasteiger charge is 2.19. The van der Waals surface area contributed by atoms with Gasteiger partial charge in [-0.2, -0.15) is 0 Å². The van der Waals surface area contributed by atoms with Crippen LogP contribution in [0.1, 0.15) is 252 Å². The Morgan fingerprint density at radius 1 is 0.365 bits per heavy atom. The largest absolute Gasteiger partial charge is 0.462 e. The van der Waals surface area contributed by atoms with Crippen molar-refractivity contribution in [1.29, 1.82) is 0 Å². The molecule has 0 N–H and O–H groups in total. The fraction of sp³-hybridized carbons (Fsp3) is 0.935. The molecule has 0 saturated carbocycles. The quantitative estimate of drug-likeness (QED) is 0.0353. The van der Waals surface area contributed by atoms with E-state index in [0.29, 0.717) is 19.3 Å². The molecule has 0 aromatic heterocycles. The van der Waals surface area contributed by atoms with Gasteiger partial charge in [0.2, 0.25) is 0 Å². The Balaban J connectivity index is 4.24. The van der Waals surface area contributed by atoms with E-state index in [1.807, 2.05) is 0 Å². The van der Waals surface area contributed by atoms with Crippen LogP contribution < -0.4 is 0 Å². The fourth-order valence-corrected chi connectivity index (χ4v) is 6.80. The van der Waals surface area contributed by atoms with Crippen LogP contribution in [-0.4, -0.2) is 37.2 Å². The smallest absolute Gasteiger partial charge is 0.306 e. The van der Waals surface area contributed by atoms with E-state index >= 15 is 0 Å². The monoisotopic (exact) mass is 737 g/mol. The Morgan fingerprint density at radius 3 is 0.942 bits per heavy atom. The molecule has 0 rings (SSSR count). The molecule has 0 aromatic carbocycles. The first kappa shape index (κ1) is 50.4. The summed E-state index contributed by atoms with van der Waals surface area (Å²) in [5.41, 5.74) is 0. The van der Waals surface area contributed by atoms with E-state index in [4.69, 9.17) is 14.2 Å². The number of esters is 3. The van der Waals surface area contributed by atoms with Crippen molar-refractivity contribution in [2.24, 2.45) is 5.92 Å². The summed E-state index contributed by atoms with van der Waals surface area (Å²) in [6.45, 7) is 8.91. The number of rotatable bonds is 41. The second kappa shape index (κ2) is 40.6. The highest BCUT2D eigenvalue weighted by Crippen LogP contribution is 2.16. The van der Waals surface area contributed by atoms with Crippen LogP contribution in [0, 0.1) is 5.92 Å². The van der Waals surface area contributed by atoms with Crippen LogP contribution in [0.2, 0.25) is 0 Å². The van der Waals surface area contributed by atoms with Crippen molar-refractivity contribution in [3.05, 3.63) is 0 Å². The van der Waals surface area contributed by atoms with Crippen LogP contribution >= 0.6 is 0 Å². The second-order valence-corrected chi connectivity index (χ2v) is 16.2. The molecule has 308 valence electrons. The zero-order valence-corrected chi connectivity index (χ0v) is 35.3. The third-order valence-electron chi connectivity index (χ3n) is 10.3. The lowest BCUT2D eigenvalue weighted by Gasteiger charge is -2.18. The first-order valence-electron chi connectivity index (χ1n) is 22.9. The molecule has 0 radical (unpaired) electrons. The minimum absolute atomic E-state index is 0.0649. The van der Waals surface area contributed by atoms with Crippen molar-refractivity contribution in [2.45, 2.75) is 259 Å². The van der Waals surface area contributed by atoms with Gasteiger partial charge in [-0.15, -0.1) is 0 Å². The molecular formula is C46H88O6. The van der Waals surface area contributed by atoms with Crippen molar-refractivity contribution in [3.63, 3.8) is 0 Å². The van der Waals surface area contributed by atoms with Gasteiger partial charge >= 0.3 is 17.9 Å². The van der Waals surface area contributed by atoms with Gasteiger partial charge in [0.05, 0.1) is 0 Å². The predicted octanol–water partition coefficient (Wildman–Crippen LogP) is 14.3. The average Bonchev–Trinajstić information content (AvgIpc) is 3.12. The molecule has 52 heavy (non-hydrogen) atoms. The molecule has 0 aliphatic heterocycles. The summed E-state index contributed by atoms with van der Waals surface area (Å²) in [5, 5.41) is 0. The zero-order valence-electron chi connectivity index (χ0n) is 35.3. The standard InChI is InChI=1S/C46H88O6/c1-5-7-9-11-13-15-16-17-18-19-20-21-23-25-30-34-38-45(48)51-41-43(52-46(49)39-35-31-27-26-28-32-36-42(3)4)40-50-44(47)37-33-29-24-22-14-12-10-8-6-2/h42-43H,5-41H2,1-4H3/t43-/m0/s1. The molecule has 6 nitrogen and oxygen atoms in total. The van der Waals surface area contributed by atoms with Gasteiger partial charge < -0.3 is 14.2 Å². The maximum atomic E-state index is 12.6. The molecule has 0 heterocycles. The molecule has 0 aromatic rings. The van der Waals surface area contributed by atoms with Crippen LogP contribution in [0.5, 0.6) is 0 Å². The molecule has 0 aliphatic rings. The Morgan fingerprint density at radius 2 is 0.635 bits per heavy atom. The highest BCUT2D eigenvalue weighted by atomic mass is 16.6. The molecule has 0 amide bonds. The average molecular weight is 737 g/mol. The minimum atomic E-state index is -0.759. The lowest BCUT2D eigenvalue weighted by Crippen LogP contribution is -2.30. The Bertz CT molecular complexity index is 781. The SMILES string of the molecule is CCCCCCCCCCCCCCCCCCC(=O)OC[C@H](COC(=O)CCCCCCCCCCC)OC(=O)CCCCCCCCC(C)C. The van der Waals surface area contributed by atoms with Gasteiger partial charge in [-0.05, 0) is 25.2 Å². The molecule has 0 fully saturated rings. The number of unbranched alkanes of at least 4 members (excludes halogenated alkanes) is 28. The van der Waals surface area contributed by atoms with E-state index in [9.17, 15) is 14.4 Å². The lowest BCUT2D eigenvalue weighted by molar-refractivity contribution is -0.167. The molecule has 0 bridgehead atoms. The van der Waals surface area contributed by atoms with E-state index in [0.717, 1.165) is 63.7 Å². The molecule has 0 aliphatic carbocycles. The van der Waals surface area contributed by atoms with Crippen LogP contribution in [0.4, 0.5) is 0 Å². The van der Waals surface area contributed by atoms with E-state index < -0.39 is 6.10 Å². The van der Waals surface area contributed by atoms with Crippen LogP contribution in [0.15, 0.2) is 0 Å². The van der Waals surface area contributed by atoms with Gasteiger partial charge in [-0.25, -0.2) is 0 Å². The van der Waals surface area contributed by atoms with Crippen molar-refractivity contribution in [3.8, 4) is 0 Å². The van der Waals surface area contributed by atoms with Gasteiger partial charge in [0.15, 0.2) is 6.10 Å². The summed E-state index contributed by atoms with van der Waals surface area (Å²) in [5.74, 6) is -0.102. The van der Waals surface area contributed by atoms with Crippen molar-refractivity contribution in [1.82, 2.24) is 0 Å². The van der Waals surface area contributed by atoms with Crippen LogP contribution in [0.25, 0.3) is 0 Å². The van der Waals surface area contributed by atoms with Crippen LogP contribution in [0.3, 0.4) is 0 Å². The zero-order chi connectivity index (χ0) is 38.2. The fourth-order valence-electron chi connectivity index (χ4n) is 6.80. The van der Waals surface area contributed by atoms with E-state index in [1.165, 1.54) is 148 Å². The summed E-state index contributed by atoms with van der Waals surface area (Å²) >= 11 is 0.